The standard InChI is InChI=1S/C11H27N3/c1-5-11(12)10-14(6-2)9-7-8-13(3)4/h11H,5-10,12H2,1-4H3. The van der Waals surface area contributed by atoms with Crippen LogP contribution in [0.15, 0.2) is 0 Å². The molecule has 0 spiro atoms. The summed E-state index contributed by atoms with van der Waals surface area (Å²) < 4.78 is 0. The second-order valence-corrected chi connectivity index (χ2v) is 4.22. The number of hydrogen-bond donors (Lipinski definition) is 1. The third-order valence-electron chi connectivity index (χ3n) is 2.54. The largest absolute Gasteiger partial charge is 0.327 e. The minimum absolute atomic E-state index is 0.342. The zero-order valence-electron chi connectivity index (χ0n) is 10.3. The summed E-state index contributed by atoms with van der Waals surface area (Å²) in [6, 6.07) is 0.342. The Morgan fingerprint density at radius 3 is 2.21 bits per heavy atom. The Morgan fingerprint density at radius 1 is 1.14 bits per heavy atom. The highest BCUT2D eigenvalue weighted by molar-refractivity contribution is 4.66. The maximum atomic E-state index is 5.93. The summed E-state index contributed by atoms with van der Waals surface area (Å²) in [5.74, 6) is 0. The molecule has 0 aliphatic heterocycles. The quantitative estimate of drug-likeness (QED) is 0.636. The molecule has 0 saturated carbocycles. The maximum Gasteiger partial charge on any atom is 0.0165 e. The molecule has 0 aliphatic carbocycles. The average molecular weight is 201 g/mol. The smallest absolute Gasteiger partial charge is 0.0165 e. The van der Waals surface area contributed by atoms with Crippen LogP contribution in [0.5, 0.6) is 0 Å². The number of nitrogens with two attached hydrogens (primary N) is 1. The predicted molar refractivity (Wildman–Crippen MR) is 63.6 cm³/mol. The molecule has 0 saturated heterocycles. The first-order chi connectivity index (χ1) is 6.60. The van der Waals surface area contributed by atoms with E-state index >= 15 is 0 Å². The van der Waals surface area contributed by atoms with Gasteiger partial charge in [0.25, 0.3) is 0 Å². The van der Waals surface area contributed by atoms with E-state index in [2.05, 4.69) is 37.7 Å². The van der Waals surface area contributed by atoms with Crippen LogP contribution in [0.2, 0.25) is 0 Å². The van der Waals surface area contributed by atoms with Crippen molar-refractivity contribution in [2.75, 3.05) is 40.3 Å². The summed E-state index contributed by atoms with van der Waals surface area (Å²) in [4.78, 5) is 4.67. The van der Waals surface area contributed by atoms with Crippen molar-refractivity contribution < 1.29 is 0 Å². The van der Waals surface area contributed by atoms with Crippen molar-refractivity contribution in [1.82, 2.24) is 9.80 Å². The molecule has 0 aliphatic rings. The van der Waals surface area contributed by atoms with Crippen LogP contribution in [0.3, 0.4) is 0 Å². The molecule has 0 amide bonds. The van der Waals surface area contributed by atoms with Crippen molar-refractivity contribution in [3.63, 3.8) is 0 Å². The van der Waals surface area contributed by atoms with Gasteiger partial charge >= 0.3 is 0 Å². The van der Waals surface area contributed by atoms with Gasteiger partial charge in [-0.15, -0.1) is 0 Å². The molecule has 0 radical (unpaired) electrons. The van der Waals surface area contributed by atoms with Crippen LogP contribution >= 0.6 is 0 Å². The van der Waals surface area contributed by atoms with Gasteiger partial charge in [0.2, 0.25) is 0 Å². The Labute approximate surface area is 89.2 Å². The molecule has 0 rings (SSSR count). The predicted octanol–water partition coefficient (Wildman–Crippen LogP) is 0.997. The summed E-state index contributed by atoms with van der Waals surface area (Å²) in [5, 5.41) is 0. The van der Waals surface area contributed by atoms with Crippen molar-refractivity contribution >= 4 is 0 Å². The molecule has 86 valence electrons. The van der Waals surface area contributed by atoms with Crippen LogP contribution in [0.25, 0.3) is 0 Å². The van der Waals surface area contributed by atoms with E-state index in [9.17, 15) is 0 Å². The zero-order valence-corrected chi connectivity index (χ0v) is 10.3. The van der Waals surface area contributed by atoms with Gasteiger partial charge in [-0.05, 0) is 46.6 Å². The van der Waals surface area contributed by atoms with Crippen LogP contribution in [-0.2, 0) is 0 Å². The van der Waals surface area contributed by atoms with Crippen molar-refractivity contribution in [3.05, 3.63) is 0 Å². The van der Waals surface area contributed by atoms with Gasteiger partial charge in [-0.2, -0.15) is 0 Å². The second-order valence-electron chi connectivity index (χ2n) is 4.22. The normalized spacial score (nSPS) is 13.9. The lowest BCUT2D eigenvalue weighted by molar-refractivity contribution is 0.250. The van der Waals surface area contributed by atoms with E-state index in [4.69, 9.17) is 5.73 Å². The van der Waals surface area contributed by atoms with Gasteiger partial charge in [-0.1, -0.05) is 13.8 Å². The van der Waals surface area contributed by atoms with E-state index in [0.29, 0.717) is 6.04 Å². The second kappa shape index (κ2) is 8.21. The Morgan fingerprint density at radius 2 is 1.79 bits per heavy atom. The lowest BCUT2D eigenvalue weighted by Gasteiger charge is -2.24. The minimum Gasteiger partial charge on any atom is -0.327 e. The molecule has 14 heavy (non-hydrogen) atoms. The van der Waals surface area contributed by atoms with E-state index in [1.165, 1.54) is 13.0 Å². The molecule has 3 nitrogen and oxygen atoms in total. The molecule has 0 bridgehead atoms. The molecule has 0 fully saturated rings. The lowest BCUT2D eigenvalue weighted by atomic mass is 10.2. The highest BCUT2D eigenvalue weighted by atomic mass is 15.1. The van der Waals surface area contributed by atoms with Gasteiger partial charge < -0.3 is 15.5 Å². The lowest BCUT2D eigenvalue weighted by Crippen LogP contribution is -2.38. The number of hydrogen-bond acceptors (Lipinski definition) is 3. The fourth-order valence-corrected chi connectivity index (χ4v) is 1.45. The first-order valence-electron chi connectivity index (χ1n) is 5.72. The molecule has 0 aromatic heterocycles. The van der Waals surface area contributed by atoms with Crippen molar-refractivity contribution in [2.24, 2.45) is 5.73 Å². The molecule has 0 aromatic rings. The molecule has 3 heteroatoms. The van der Waals surface area contributed by atoms with Gasteiger partial charge in [-0.3, -0.25) is 0 Å². The molecule has 0 heterocycles. The van der Waals surface area contributed by atoms with E-state index in [1.807, 2.05) is 0 Å². The van der Waals surface area contributed by atoms with Crippen LogP contribution < -0.4 is 5.73 Å². The van der Waals surface area contributed by atoms with Crippen LogP contribution in [-0.4, -0.2) is 56.1 Å². The molecular weight excluding hydrogens is 174 g/mol. The Hall–Kier alpha value is -0.120. The fraction of sp³-hybridized carbons (Fsp3) is 1.00. The summed E-state index contributed by atoms with van der Waals surface area (Å²) >= 11 is 0. The van der Waals surface area contributed by atoms with Crippen LogP contribution in [0, 0.1) is 0 Å². The van der Waals surface area contributed by atoms with Crippen molar-refractivity contribution in [2.45, 2.75) is 32.7 Å². The van der Waals surface area contributed by atoms with Gasteiger partial charge in [-0.25, -0.2) is 0 Å². The fourth-order valence-electron chi connectivity index (χ4n) is 1.45. The summed E-state index contributed by atoms with van der Waals surface area (Å²) in [6.07, 6.45) is 2.31. The Kier molecular flexibility index (Phi) is 8.14. The summed E-state index contributed by atoms with van der Waals surface area (Å²) in [5.41, 5.74) is 5.93. The third kappa shape index (κ3) is 7.30. The Balaban J connectivity index is 3.57. The van der Waals surface area contributed by atoms with E-state index in [1.54, 1.807) is 0 Å². The average Bonchev–Trinajstić information content (AvgIpc) is 2.15. The van der Waals surface area contributed by atoms with Crippen LogP contribution in [0.4, 0.5) is 0 Å². The summed E-state index contributed by atoms with van der Waals surface area (Å²) in [7, 11) is 4.24. The molecule has 2 N–H and O–H groups in total. The molecule has 0 aromatic carbocycles. The monoisotopic (exact) mass is 201 g/mol. The maximum absolute atomic E-state index is 5.93. The van der Waals surface area contributed by atoms with Gasteiger partial charge in [0, 0.05) is 12.6 Å². The third-order valence-corrected chi connectivity index (χ3v) is 2.54. The van der Waals surface area contributed by atoms with Crippen molar-refractivity contribution in [1.29, 1.82) is 0 Å². The number of nitrogens with zero attached hydrogens (tertiary/aromatic N) is 2. The minimum atomic E-state index is 0.342. The van der Waals surface area contributed by atoms with E-state index < -0.39 is 0 Å². The zero-order chi connectivity index (χ0) is 11.0. The highest BCUT2D eigenvalue weighted by Gasteiger charge is 2.06. The SMILES string of the molecule is CCC(N)CN(CC)CCCN(C)C. The topological polar surface area (TPSA) is 32.5 Å². The first-order valence-corrected chi connectivity index (χ1v) is 5.72. The first kappa shape index (κ1) is 13.9. The number of rotatable bonds is 8. The Bertz CT molecular complexity index is 126. The molecule has 1 atom stereocenters. The van der Waals surface area contributed by atoms with Gasteiger partial charge in [0.1, 0.15) is 0 Å². The molecule has 1 unspecified atom stereocenters. The molecular formula is C11H27N3. The van der Waals surface area contributed by atoms with Crippen LogP contribution in [0.1, 0.15) is 26.7 Å². The summed E-state index contributed by atoms with van der Waals surface area (Å²) in [6.45, 7) is 8.85. The van der Waals surface area contributed by atoms with Crippen molar-refractivity contribution in [3.8, 4) is 0 Å². The number of likely N-dealkylation sites (N-methyl/N-ethyl adjacent to an activating group) is 1. The highest BCUT2D eigenvalue weighted by Crippen LogP contribution is 1.96. The van der Waals surface area contributed by atoms with E-state index in [-0.39, 0.29) is 0 Å². The van der Waals surface area contributed by atoms with Gasteiger partial charge in [0.15, 0.2) is 0 Å². The van der Waals surface area contributed by atoms with E-state index in [0.717, 1.165) is 26.1 Å². The van der Waals surface area contributed by atoms with Gasteiger partial charge in [0.05, 0.1) is 0 Å².